The first kappa shape index (κ1) is 14.7. The molecule has 0 aliphatic carbocycles. The maximum Gasteiger partial charge on any atom is 0.0755 e. The topological polar surface area (TPSA) is 23.5 Å². The molecule has 0 rings (SSSR count). The van der Waals surface area contributed by atoms with Crippen molar-refractivity contribution in [1.82, 2.24) is 4.90 Å². The second-order valence-corrected chi connectivity index (χ2v) is 4.65. The highest BCUT2D eigenvalue weighted by Crippen LogP contribution is 2.23. The predicted octanol–water partition coefficient (Wildman–Crippen LogP) is 2.82. The maximum atomic E-state index is 10.2. The molecule has 1 unspecified atom stereocenters. The van der Waals surface area contributed by atoms with Crippen molar-refractivity contribution in [3.63, 3.8) is 0 Å². The molecule has 0 bridgehead atoms. The highest BCUT2D eigenvalue weighted by Gasteiger charge is 2.32. The minimum Gasteiger partial charge on any atom is -0.391 e. The molecule has 0 aromatic heterocycles. The summed E-state index contributed by atoms with van der Waals surface area (Å²) in [6, 6.07) is 0. The lowest BCUT2D eigenvalue weighted by Crippen LogP contribution is -2.52. The van der Waals surface area contributed by atoms with Crippen LogP contribution in [0.15, 0.2) is 12.2 Å². The Hall–Kier alpha value is -0.340. The molecule has 90 valence electrons. The molecule has 0 aliphatic heterocycles. The van der Waals surface area contributed by atoms with E-state index >= 15 is 0 Å². The van der Waals surface area contributed by atoms with Crippen LogP contribution in [0, 0.1) is 0 Å². The van der Waals surface area contributed by atoms with Crippen molar-refractivity contribution >= 4 is 0 Å². The van der Waals surface area contributed by atoms with E-state index in [-0.39, 0.29) is 11.6 Å². The van der Waals surface area contributed by atoms with Gasteiger partial charge in [-0.2, -0.15) is 0 Å². The van der Waals surface area contributed by atoms with Crippen LogP contribution in [0.4, 0.5) is 0 Å². The van der Waals surface area contributed by atoms with Crippen molar-refractivity contribution in [1.29, 1.82) is 0 Å². The van der Waals surface area contributed by atoms with Gasteiger partial charge in [-0.3, -0.25) is 4.90 Å². The molecule has 0 aromatic carbocycles. The molecular formula is C13H27NO. The number of aliphatic hydroxyl groups excluding tert-OH is 1. The van der Waals surface area contributed by atoms with Crippen molar-refractivity contribution < 1.29 is 5.11 Å². The van der Waals surface area contributed by atoms with Crippen LogP contribution in [-0.4, -0.2) is 34.7 Å². The lowest BCUT2D eigenvalue weighted by atomic mass is 9.89. The fourth-order valence-corrected chi connectivity index (χ4v) is 1.92. The summed E-state index contributed by atoms with van der Waals surface area (Å²) in [6.07, 6.45) is 1.33. The van der Waals surface area contributed by atoms with E-state index in [1.807, 2.05) is 0 Å². The quantitative estimate of drug-likeness (QED) is 0.657. The van der Waals surface area contributed by atoms with Crippen molar-refractivity contribution in [3.8, 4) is 0 Å². The Morgan fingerprint density at radius 2 is 1.73 bits per heavy atom. The van der Waals surface area contributed by atoms with Crippen LogP contribution in [0.5, 0.6) is 0 Å². The van der Waals surface area contributed by atoms with Gasteiger partial charge in [0.25, 0.3) is 0 Å². The zero-order valence-electron chi connectivity index (χ0n) is 11.0. The molecule has 0 spiro atoms. The van der Waals surface area contributed by atoms with Crippen molar-refractivity contribution in [2.45, 2.75) is 59.1 Å². The maximum absolute atomic E-state index is 10.2. The number of aliphatic hydroxyl groups is 1. The minimum absolute atomic E-state index is 0.165. The smallest absolute Gasteiger partial charge is 0.0755 e. The summed E-state index contributed by atoms with van der Waals surface area (Å²) in [5, 5.41) is 10.2. The van der Waals surface area contributed by atoms with E-state index in [9.17, 15) is 5.11 Å². The second kappa shape index (κ2) is 6.29. The summed E-state index contributed by atoms with van der Waals surface area (Å²) in [7, 11) is 0. The molecule has 2 nitrogen and oxygen atoms in total. The van der Waals surface area contributed by atoms with Gasteiger partial charge in [0.15, 0.2) is 0 Å². The van der Waals surface area contributed by atoms with E-state index in [1.54, 1.807) is 0 Å². The van der Waals surface area contributed by atoms with Crippen LogP contribution in [0.25, 0.3) is 0 Å². The summed E-state index contributed by atoms with van der Waals surface area (Å²) in [4.78, 5) is 2.29. The first-order chi connectivity index (χ1) is 6.89. The van der Waals surface area contributed by atoms with E-state index in [1.165, 1.54) is 0 Å². The Morgan fingerprint density at radius 1 is 1.27 bits per heavy atom. The monoisotopic (exact) mass is 213 g/mol. The van der Waals surface area contributed by atoms with Gasteiger partial charge in [-0.15, -0.1) is 0 Å². The van der Waals surface area contributed by atoms with Crippen LogP contribution in [0.3, 0.4) is 0 Å². The average Bonchev–Trinajstić information content (AvgIpc) is 2.18. The molecule has 1 atom stereocenters. The Bertz CT molecular complexity index is 195. The van der Waals surface area contributed by atoms with Crippen LogP contribution >= 0.6 is 0 Å². The van der Waals surface area contributed by atoms with Gasteiger partial charge in [-0.05, 0) is 39.8 Å². The van der Waals surface area contributed by atoms with Crippen LogP contribution < -0.4 is 0 Å². The van der Waals surface area contributed by atoms with Crippen LogP contribution in [-0.2, 0) is 0 Å². The predicted molar refractivity (Wildman–Crippen MR) is 67.1 cm³/mol. The van der Waals surface area contributed by atoms with Gasteiger partial charge in [-0.1, -0.05) is 32.9 Å². The molecule has 1 N–H and O–H groups in total. The van der Waals surface area contributed by atoms with E-state index in [2.05, 4.69) is 46.1 Å². The summed E-state index contributed by atoms with van der Waals surface area (Å²) in [5.41, 5.74) is 0.962. The molecule has 0 aliphatic rings. The minimum atomic E-state index is -0.329. The van der Waals surface area contributed by atoms with Gasteiger partial charge in [0.2, 0.25) is 0 Å². The fraction of sp³-hybridized carbons (Fsp3) is 0.846. The fourth-order valence-electron chi connectivity index (χ4n) is 1.92. The molecular weight excluding hydrogens is 186 g/mol. The molecule has 0 saturated carbocycles. The number of hydrogen-bond acceptors (Lipinski definition) is 2. The first-order valence-corrected chi connectivity index (χ1v) is 5.99. The average molecular weight is 213 g/mol. The number of hydrogen-bond donors (Lipinski definition) is 1. The number of likely N-dealkylation sites (N-methyl/N-ethyl adjacent to an activating group) is 1. The van der Waals surface area contributed by atoms with Gasteiger partial charge in [-0.25, -0.2) is 0 Å². The third kappa shape index (κ3) is 3.96. The number of rotatable bonds is 7. The van der Waals surface area contributed by atoms with Gasteiger partial charge < -0.3 is 5.11 Å². The molecule has 0 heterocycles. The first-order valence-electron chi connectivity index (χ1n) is 5.99. The third-order valence-electron chi connectivity index (χ3n) is 3.38. The van der Waals surface area contributed by atoms with Gasteiger partial charge >= 0.3 is 0 Å². The summed E-state index contributed by atoms with van der Waals surface area (Å²) in [6.45, 7) is 16.5. The highest BCUT2D eigenvalue weighted by molar-refractivity contribution is 5.00. The molecule has 0 saturated heterocycles. The third-order valence-corrected chi connectivity index (χ3v) is 3.38. The van der Waals surface area contributed by atoms with Gasteiger partial charge in [0.05, 0.1) is 6.10 Å². The lowest BCUT2D eigenvalue weighted by molar-refractivity contribution is -0.00435. The molecule has 0 aromatic rings. The molecule has 0 amide bonds. The van der Waals surface area contributed by atoms with Crippen molar-refractivity contribution in [2.24, 2.45) is 0 Å². The van der Waals surface area contributed by atoms with E-state index < -0.39 is 0 Å². The Labute approximate surface area is 95.0 Å². The van der Waals surface area contributed by atoms with E-state index in [0.717, 1.165) is 25.1 Å². The van der Waals surface area contributed by atoms with Crippen molar-refractivity contribution in [3.05, 3.63) is 12.2 Å². The zero-order chi connectivity index (χ0) is 12.1. The normalized spacial score (nSPS) is 14.3. The van der Waals surface area contributed by atoms with Gasteiger partial charge in [0, 0.05) is 5.54 Å². The molecule has 0 radical (unpaired) electrons. The summed E-state index contributed by atoms with van der Waals surface area (Å²) < 4.78 is 0. The summed E-state index contributed by atoms with van der Waals surface area (Å²) >= 11 is 0. The van der Waals surface area contributed by atoms with Crippen LogP contribution in [0.2, 0.25) is 0 Å². The highest BCUT2D eigenvalue weighted by atomic mass is 16.3. The largest absolute Gasteiger partial charge is 0.391 e. The number of nitrogens with zero attached hydrogens (tertiary/aromatic N) is 1. The van der Waals surface area contributed by atoms with Crippen molar-refractivity contribution in [2.75, 3.05) is 13.1 Å². The Kier molecular flexibility index (Phi) is 6.15. The molecule has 0 fully saturated rings. The summed E-state index contributed by atoms with van der Waals surface area (Å²) in [5.74, 6) is 0. The molecule has 2 heteroatoms. The van der Waals surface area contributed by atoms with E-state index in [4.69, 9.17) is 0 Å². The molecule has 15 heavy (non-hydrogen) atoms. The zero-order valence-corrected chi connectivity index (χ0v) is 11.0. The lowest BCUT2D eigenvalue weighted by Gasteiger charge is -2.41. The Balaban J connectivity index is 4.48. The van der Waals surface area contributed by atoms with Gasteiger partial charge in [0.1, 0.15) is 0 Å². The van der Waals surface area contributed by atoms with Crippen LogP contribution in [0.1, 0.15) is 47.5 Å². The van der Waals surface area contributed by atoms with E-state index in [0.29, 0.717) is 6.42 Å². The Morgan fingerprint density at radius 3 is 2.07 bits per heavy atom. The standard InChI is InChI=1S/C13H27NO/c1-7-11(4)10-12(15)13(5,6)14(8-2)9-3/h12,15H,4,7-10H2,1-3,5-6H3. The SMILES string of the molecule is C=C(CC)CC(O)C(C)(C)N(CC)CC. The second-order valence-electron chi connectivity index (χ2n) is 4.65.